The molecule has 2 nitrogen and oxygen atoms in total. The monoisotopic (exact) mass is 208 g/mol. The number of rotatable bonds is 0. The third kappa shape index (κ3) is 1.38. The molecule has 0 bridgehead atoms. The smallest absolute Gasteiger partial charge is 0.161 e. The largest absolute Gasteiger partial charge is 0.367 e. The number of carbonyl (C=O) groups is 1. The zero-order chi connectivity index (χ0) is 11.3. The fourth-order valence-corrected chi connectivity index (χ4v) is 3.00. The highest BCUT2D eigenvalue weighted by Crippen LogP contribution is 2.53. The Kier molecular flexibility index (Phi) is 2.30. The SMILES string of the molecule is C=C1C(=O)CCC(C)(C)C12CCC(C)O2. The molecule has 2 heteroatoms. The highest BCUT2D eigenvalue weighted by Gasteiger charge is 2.55. The van der Waals surface area contributed by atoms with Crippen LogP contribution in [0.4, 0.5) is 0 Å². The summed E-state index contributed by atoms with van der Waals surface area (Å²) in [5.41, 5.74) is 0.382. The van der Waals surface area contributed by atoms with Crippen LogP contribution in [0.5, 0.6) is 0 Å². The van der Waals surface area contributed by atoms with Crippen molar-refractivity contribution in [2.45, 2.75) is 58.2 Å². The van der Waals surface area contributed by atoms with E-state index in [1.165, 1.54) is 0 Å². The summed E-state index contributed by atoms with van der Waals surface area (Å²) in [6, 6.07) is 0. The maximum atomic E-state index is 11.8. The van der Waals surface area contributed by atoms with E-state index in [-0.39, 0.29) is 22.9 Å². The Morgan fingerprint density at radius 1 is 1.40 bits per heavy atom. The van der Waals surface area contributed by atoms with Gasteiger partial charge in [0.1, 0.15) is 5.60 Å². The Morgan fingerprint density at radius 2 is 2.07 bits per heavy atom. The molecule has 0 aromatic heterocycles. The van der Waals surface area contributed by atoms with Gasteiger partial charge >= 0.3 is 0 Å². The van der Waals surface area contributed by atoms with Gasteiger partial charge in [-0.05, 0) is 31.6 Å². The van der Waals surface area contributed by atoms with E-state index in [0.29, 0.717) is 12.0 Å². The number of Topliss-reactive ketones (excluding diaryl/α,β-unsaturated/α-hetero) is 1. The number of ether oxygens (including phenoxy) is 1. The quantitative estimate of drug-likeness (QED) is 0.572. The van der Waals surface area contributed by atoms with Crippen molar-refractivity contribution in [3.05, 3.63) is 12.2 Å². The molecule has 0 aromatic rings. The Bertz CT molecular complexity index is 316. The zero-order valence-electron chi connectivity index (χ0n) is 9.93. The summed E-state index contributed by atoms with van der Waals surface area (Å²) in [5, 5.41) is 0. The normalized spacial score (nSPS) is 40.1. The van der Waals surface area contributed by atoms with Gasteiger partial charge in [0.2, 0.25) is 0 Å². The van der Waals surface area contributed by atoms with Gasteiger partial charge in [0.05, 0.1) is 6.10 Å². The zero-order valence-corrected chi connectivity index (χ0v) is 9.93. The molecule has 1 saturated carbocycles. The van der Waals surface area contributed by atoms with Crippen LogP contribution in [0.1, 0.15) is 46.5 Å². The summed E-state index contributed by atoms with van der Waals surface area (Å²) >= 11 is 0. The average molecular weight is 208 g/mol. The summed E-state index contributed by atoms with van der Waals surface area (Å²) in [6.07, 6.45) is 3.79. The van der Waals surface area contributed by atoms with Crippen LogP contribution in [0.2, 0.25) is 0 Å². The molecule has 1 spiro atoms. The standard InChI is InChI=1S/C13H20O2/c1-9-5-8-13(15-9)10(2)11(14)6-7-12(13,3)4/h9H,2,5-8H2,1,3-4H3. The molecule has 2 aliphatic rings. The van der Waals surface area contributed by atoms with Crippen molar-refractivity contribution in [3.63, 3.8) is 0 Å². The van der Waals surface area contributed by atoms with E-state index in [2.05, 4.69) is 27.4 Å². The highest BCUT2D eigenvalue weighted by atomic mass is 16.5. The molecule has 0 radical (unpaired) electrons. The van der Waals surface area contributed by atoms with Crippen molar-refractivity contribution in [1.29, 1.82) is 0 Å². The molecular formula is C13H20O2. The maximum Gasteiger partial charge on any atom is 0.161 e. The van der Waals surface area contributed by atoms with E-state index >= 15 is 0 Å². The molecule has 2 fully saturated rings. The molecule has 1 aliphatic heterocycles. The Hall–Kier alpha value is -0.630. The number of hydrogen-bond acceptors (Lipinski definition) is 2. The Balaban J connectivity index is 2.40. The molecule has 1 aliphatic carbocycles. The second-order valence-electron chi connectivity index (χ2n) is 5.58. The summed E-state index contributed by atoms with van der Waals surface area (Å²) < 4.78 is 6.07. The van der Waals surface area contributed by atoms with Gasteiger partial charge in [0.25, 0.3) is 0 Å². The van der Waals surface area contributed by atoms with E-state index in [1.807, 2.05) is 0 Å². The van der Waals surface area contributed by atoms with E-state index in [1.54, 1.807) is 0 Å². The first-order valence-corrected chi connectivity index (χ1v) is 5.79. The third-order valence-corrected chi connectivity index (χ3v) is 4.20. The van der Waals surface area contributed by atoms with Crippen molar-refractivity contribution in [3.8, 4) is 0 Å². The van der Waals surface area contributed by atoms with Crippen LogP contribution in [0.15, 0.2) is 12.2 Å². The lowest BCUT2D eigenvalue weighted by Gasteiger charge is -2.48. The molecule has 2 rings (SSSR count). The van der Waals surface area contributed by atoms with Crippen molar-refractivity contribution >= 4 is 5.78 Å². The van der Waals surface area contributed by atoms with Gasteiger partial charge in [-0.25, -0.2) is 0 Å². The second kappa shape index (κ2) is 3.18. The second-order valence-corrected chi connectivity index (χ2v) is 5.58. The summed E-state index contributed by atoms with van der Waals surface area (Å²) in [6.45, 7) is 10.5. The van der Waals surface area contributed by atoms with Crippen LogP contribution in [-0.2, 0) is 9.53 Å². The van der Waals surface area contributed by atoms with Crippen LogP contribution in [-0.4, -0.2) is 17.5 Å². The van der Waals surface area contributed by atoms with E-state index in [0.717, 1.165) is 19.3 Å². The molecule has 0 aromatic carbocycles. The Labute approximate surface area is 91.7 Å². The van der Waals surface area contributed by atoms with Crippen LogP contribution in [0.3, 0.4) is 0 Å². The van der Waals surface area contributed by atoms with Crippen LogP contribution < -0.4 is 0 Å². The lowest BCUT2D eigenvalue weighted by Crippen LogP contribution is -2.51. The van der Waals surface area contributed by atoms with E-state index < -0.39 is 0 Å². The minimum atomic E-state index is -0.373. The third-order valence-electron chi connectivity index (χ3n) is 4.20. The van der Waals surface area contributed by atoms with Gasteiger partial charge in [-0.3, -0.25) is 4.79 Å². The number of carbonyl (C=O) groups excluding carboxylic acids is 1. The lowest BCUT2D eigenvalue weighted by atomic mass is 9.62. The first-order valence-electron chi connectivity index (χ1n) is 5.79. The average Bonchev–Trinajstić information content (AvgIpc) is 2.55. The maximum absolute atomic E-state index is 11.8. The fraction of sp³-hybridized carbons (Fsp3) is 0.769. The van der Waals surface area contributed by atoms with Gasteiger partial charge in [-0.15, -0.1) is 0 Å². The molecule has 0 N–H and O–H groups in total. The van der Waals surface area contributed by atoms with Crippen LogP contribution in [0, 0.1) is 5.41 Å². The number of ketones is 1. The summed E-state index contributed by atoms with van der Waals surface area (Å²) in [5.74, 6) is 0.198. The number of hydrogen-bond donors (Lipinski definition) is 0. The van der Waals surface area contributed by atoms with Gasteiger partial charge in [0.15, 0.2) is 5.78 Å². The minimum absolute atomic E-state index is 0.0444. The van der Waals surface area contributed by atoms with Crippen molar-refractivity contribution < 1.29 is 9.53 Å². The summed E-state index contributed by atoms with van der Waals surface area (Å²) in [4.78, 5) is 11.8. The molecule has 2 atom stereocenters. The Morgan fingerprint density at radius 3 is 2.60 bits per heavy atom. The highest BCUT2D eigenvalue weighted by molar-refractivity contribution is 5.98. The molecule has 1 saturated heterocycles. The molecule has 2 unspecified atom stereocenters. The molecule has 1 heterocycles. The van der Waals surface area contributed by atoms with Gasteiger partial charge in [0, 0.05) is 12.0 Å². The van der Waals surface area contributed by atoms with Crippen molar-refractivity contribution in [2.24, 2.45) is 5.41 Å². The van der Waals surface area contributed by atoms with Crippen LogP contribution >= 0.6 is 0 Å². The predicted octanol–water partition coefficient (Wildman–Crippen LogP) is 2.87. The first-order chi connectivity index (χ1) is 6.89. The molecule has 15 heavy (non-hydrogen) atoms. The van der Waals surface area contributed by atoms with Gasteiger partial charge < -0.3 is 4.74 Å². The van der Waals surface area contributed by atoms with Gasteiger partial charge in [-0.1, -0.05) is 20.4 Å². The lowest BCUT2D eigenvalue weighted by molar-refractivity contribution is -0.134. The van der Waals surface area contributed by atoms with Crippen molar-refractivity contribution in [2.75, 3.05) is 0 Å². The van der Waals surface area contributed by atoms with E-state index in [9.17, 15) is 4.79 Å². The minimum Gasteiger partial charge on any atom is -0.367 e. The van der Waals surface area contributed by atoms with Crippen molar-refractivity contribution in [1.82, 2.24) is 0 Å². The summed E-state index contributed by atoms with van der Waals surface area (Å²) in [7, 11) is 0. The topological polar surface area (TPSA) is 26.3 Å². The fourth-order valence-electron chi connectivity index (χ4n) is 3.00. The predicted molar refractivity (Wildman–Crippen MR) is 59.7 cm³/mol. The molecular weight excluding hydrogens is 188 g/mol. The van der Waals surface area contributed by atoms with Gasteiger partial charge in [-0.2, -0.15) is 0 Å². The molecule has 84 valence electrons. The van der Waals surface area contributed by atoms with E-state index in [4.69, 9.17) is 4.74 Å². The molecule has 0 amide bonds. The first kappa shape index (κ1) is 10.9. The van der Waals surface area contributed by atoms with Crippen LogP contribution in [0.25, 0.3) is 0 Å².